The van der Waals surface area contributed by atoms with Gasteiger partial charge in [-0.1, -0.05) is 38.3 Å². The first-order valence-corrected chi connectivity index (χ1v) is 11.1. The van der Waals surface area contributed by atoms with Crippen molar-refractivity contribution < 1.29 is 13.2 Å². The number of methoxy groups -OCH3 is 1. The Hall–Kier alpha value is -1.11. The highest BCUT2D eigenvalue weighted by Gasteiger charge is 2.23. The van der Waals surface area contributed by atoms with E-state index in [0.717, 1.165) is 30.8 Å². The van der Waals surface area contributed by atoms with Crippen molar-refractivity contribution in [2.24, 2.45) is 0 Å². The van der Waals surface area contributed by atoms with Gasteiger partial charge in [0.05, 0.1) is 12.9 Å². The van der Waals surface area contributed by atoms with Crippen LogP contribution in [0.25, 0.3) is 0 Å². The van der Waals surface area contributed by atoms with Crippen LogP contribution in [0.1, 0.15) is 57.1 Å². The summed E-state index contributed by atoms with van der Waals surface area (Å²) in [5.74, 6) is 1.03. The van der Waals surface area contributed by atoms with Crippen molar-refractivity contribution in [3.8, 4) is 5.75 Å². The van der Waals surface area contributed by atoms with Gasteiger partial charge in [-0.15, -0.1) is 0 Å². The molecule has 1 aliphatic heterocycles. The average molecular weight is 369 g/mol. The van der Waals surface area contributed by atoms with E-state index in [1.807, 2.05) is 19.1 Å². The smallest absolute Gasteiger partial charge is 0.211 e. The van der Waals surface area contributed by atoms with Gasteiger partial charge in [0.15, 0.2) is 0 Å². The number of unbranched alkanes of at least 4 members (excludes halogenated alkanes) is 1. The predicted octanol–water partition coefficient (Wildman–Crippen LogP) is 3.33. The molecule has 1 saturated heterocycles. The molecule has 1 atom stereocenters. The third-order valence-electron chi connectivity index (χ3n) is 4.85. The molecule has 0 radical (unpaired) electrons. The van der Waals surface area contributed by atoms with Crippen molar-refractivity contribution in [2.75, 3.05) is 32.5 Å². The molecule has 142 valence electrons. The highest BCUT2D eigenvalue weighted by Crippen LogP contribution is 2.25. The number of hydrogen-bond donors (Lipinski definition) is 1. The van der Waals surface area contributed by atoms with E-state index in [1.54, 1.807) is 7.11 Å². The Bertz CT molecular complexity index is 594. The maximum Gasteiger partial charge on any atom is 0.211 e. The lowest BCUT2D eigenvalue weighted by molar-refractivity contribution is 0.206. The number of ether oxygens (including phenoxy) is 1. The third kappa shape index (κ3) is 6.60. The molecule has 1 fully saturated rings. The number of benzene rings is 1. The standard InChI is InChI=1S/C19H32N2O3S/c1-3-4-15-25(22,23)20-16-19(21-13-7-5-6-8-14-21)17-9-11-18(24-2)12-10-17/h9-12,19-20H,3-8,13-16H2,1-2H3. The van der Waals surface area contributed by atoms with Crippen molar-refractivity contribution >= 4 is 10.0 Å². The van der Waals surface area contributed by atoms with Crippen LogP contribution in [0.2, 0.25) is 0 Å². The van der Waals surface area contributed by atoms with E-state index in [2.05, 4.69) is 21.8 Å². The zero-order valence-electron chi connectivity index (χ0n) is 15.5. The number of rotatable bonds is 9. The molecule has 1 heterocycles. The highest BCUT2D eigenvalue weighted by atomic mass is 32.2. The van der Waals surface area contributed by atoms with Crippen molar-refractivity contribution in [3.63, 3.8) is 0 Å². The predicted molar refractivity (Wildman–Crippen MR) is 102 cm³/mol. The van der Waals surface area contributed by atoms with Gasteiger partial charge < -0.3 is 4.74 Å². The quantitative estimate of drug-likeness (QED) is 0.726. The van der Waals surface area contributed by atoms with Gasteiger partial charge >= 0.3 is 0 Å². The molecule has 1 unspecified atom stereocenters. The number of sulfonamides is 1. The van der Waals surface area contributed by atoms with Crippen LogP contribution in [0.15, 0.2) is 24.3 Å². The summed E-state index contributed by atoms with van der Waals surface area (Å²) < 4.78 is 32.5. The SMILES string of the molecule is CCCCS(=O)(=O)NCC(c1ccc(OC)cc1)N1CCCCCC1. The topological polar surface area (TPSA) is 58.6 Å². The molecule has 25 heavy (non-hydrogen) atoms. The van der Waals surface area contributed by atoms with Gasteiger partial charge in [0.1, 0.15) is 5.75 Å². The minimum Gasteiger partial charge on any atom is -0.497 e. The number of likely N-dealkylation sites (tertiary alicyclic amines) is 1. The van der Waals surface area contributed by atoms with Crippen LogP contribution >= 0.6 is 0 Å². The van der Waals surface area contributed by atoms with Crippen molar-refractivity contribution in [1.29, 1.82) is 0 Å². The molecule has 5 nitrogen and oxygen atoms in total. The minimum absolute atomic E-state index is 0.0698. The van der Waals surface area contributed by atoms with Gasteiger partial charge in [0.25, 0.3) is 0 Å². The van der Waals surface area contributed by atoms with Crippen LogP contribution in [0.3, 0.4) is 0 Å². The second-order valence-electron chi connectivity index (χ2n) is 6.76. The number of nitrogens with zero attached hydrogens (tertiary/aromatic N) is 1. The fraction of sp³-hybridized carbons (Fsp3) is 0.684. The maximum atomic E-state index is 12.2. The highest BCUT2D eigenvalue weighted by molar-refractivity contribution is 7.89. The Morgan fingerprint density at radius 1 is 1.12 bits per heavy atom. The van der Waals surface area contributed by atoms with E-state index in [-0.39, 0.29) is 11.8 Å². The van der Waals surface area contributed by atoms with Crippen molar-refractivity contribution in [3.05, 3.63) is 29.8 Å². The first-order valence-electron chi connectivity index (χ1n) is 9.41. The Morgan fingerprint density at radius 3 is 2.32 bits per heavy atom. The summed E-state index contributed by atoms with van der Waals surface area (Å²) in [4.78, 5) is 2.43. The Balaban J connectivity index is 2.13. The van der Waals surface area contributed by atoms with E-state index in [4.69, 9.17) is 4.74 Å². The van der Waals surface area contributed by atoms with Crippen LogP contribution in [0.4, 0.5) is 0 Å². The molecule has 1 aromatic rings. The van der Waals surface area contributed by atoms with Gasteiger partial charge in [0.2, 0.25) is 10.0 Å². The molecular formula is C19H32N2O3S. The molecule has 0 spiro atoms. The molecule has 0 aromatic heterocycles. The lowest BCUT2D eigenvalue weighted by Crippen LogP contribution is -2.39. The van der Waals surface area contributed by atoms with Crippen LogP contribution in [-0.2, 0) is 10.0 Å². The van der Waals surface area contributed by atoms with Crippen LogP contribution in [0.5, 0.6) is 5.75 Å². The minimum atomic E-state index is -3.21. The summed E-state index contributed by atoms with van der Waals surface area (Å²) in [6.45, 7) is 4.48. The van der Waals surface area contributed by atoms with Crippen LogP contribution < -0.4 is 9.46 Å². The second kappa shape index (κ2) is 10.1. The first kappa shape index (κ1) is 20.2. The van der Waals surface area contributed by atoms with Crippen molar-refractivity contribution in [1.82, 2.24) is 9.62 Å². The summed E-state index contributed by atoms with van der Waals surface area (Å²) in [6, 6.07) is 8.07. The summed E-state index contributed by atoms with van der Waals surface area (Å²) in [7, 11) is -1.55. The lowest BCUT2D eigenvalue weighted by Gasteiger charge is -2.31. The lowest BCUT2D eigenvalue weighted by atomic mass is 10.0. The average Bonchev–Trinajstić information content (AvgIpc) is 2.90. The van der Waals surface area contributed by atoms with E-state index >= 15 is 0 Å². The summed E-state index contributed by atoms with van der Waals surface area (Å²) >= 11 is 0. The molecule has 2 rings (SSSR count). The molecule has 0 amide bonds. The van der Waals surface area contributed by atoms with Crippen LogP contribution in [0, 0.1) is 0 Å². The Labute approximate surface area is 152 Å². The molecule has 1 N–H and O–H groups in total. The summed E-state index contributed by atoms with van der Waals surface area (Å²) in [6.07, 6.45) is 6.45. The van der Waals surface area contributed by atoms with E-state index in [9.17, 15) is 8.42 Å². The maximum absolute atomic E-state index is 12.2. The van der Waals surface area contributed by atoms with E-state index in [1.165, 1.54) is 25.7 Å². The number of nitrogens with one attached hydrogen (secondary N) is 1. The summed E-state index contributed by atoms with van der Waals surface area (Å²) in [5.41, 5.74) is 1.14. The van der Waals surface area contributed by atoms with Gasteiger partial charge in [-0.3, -0.25) is 4.90 Å². The number of hydrogen-bond acceptors (Lipinski definition) is 4. The Morgan fingerprint density at radius 2 is 1.76 bits per heavy atom. The zero-order valence-corrected chi connectivity index (χ0v) is 16.4. The molecule has 0 aliphatic carbocycles. The van der Waals surface area contributed by atoms with Gasteiger partial charge in [-0.2, -0.15) is 0 Å². The second-order valence-corrected chi connectivity index (χ2v) is 8.69. The molecule has 1 aromatic carbocycles. The van der Waals surface area contributed by atoms with Gasteiger partial charge in [-0.05, 0) is 50.0 Å². The molecular weight excluding hydrogens is 336 g/mol. The summed E-state index contributed by atoms with van der Waals surface area (Å²) in [5, 5.41) is 0. The molecule has 6 heteroatoms. The fourth-order valence-electron chi connectivity index (χ4n) is 3.30. The molecule has 0 saturated carbocycles. The largest absolute Gasteiger partial charge is 0.497 e. The molecule has 0 bridgehead atoms. The fourth-order valence-corrected chi connectivity index (χ4v) is 4.53. The van der Waals surface area contributed by atoms with Gasteiger partial charge in [0, 0.05) is 12.6 Å². The first-order chi connectivity index (χ1) is 12.1. The monoisotopic (exact) mass is 368 g/mol. The normalized spacial score (nSPS) is 17.8. The van der Waals surface area contributed by atoms with E-state index in [0.29, 0.717) is 13.0 Å². The zero-order chi connectivity index (χ0) is 18.1. The molecule has 1 aliphatic rings. The van der Waals surface area contributed by atoms with E-state index < -0.39 is 10.0 Å². The van der Waals surface area contributed by atoms with Gasteiger partial charge in [-0.25, -0.2) is 13.1 Å². The Kier molecular flexibility index (Phi) is 8.19. The van der Waals surface area contributed by atoms with Crippen molar-refractivity contribution in [2.45, 2.75) is 51.5 Å². The third-order valence-corrected chi connectivity index (χ3v) is 6.28. The van der Waals surface area contributed by atoms with Crippen LogP contribution in [-0.4, -0.2) is 45.8 Å².